The van der Waals surface area contributed by atoms with Crippen molar-refractivity contribution in [3.63, 3.8) is 0 Å². The SMILES string of the molecule is COc1cc(Br)ccc1OCC(=O)N/N=C/c1cccc(C)c1O. The van der Waals surface area contributed by atoms with Crippen LogP contribution in [0.1, 0.15) is 11.1 Å². The summed E-state index contributed by atoms with van der Waals surface area (Å²) in [5.41, 5.74) is 3.59. The van der Waals surface area contributed by atoms with Gasteiger partial charge in [-0.3, -0.25) is 4.79 Å². The maximum absolute atomic E-state index is 11.8. The van der Waals surface area contributed by atoms with E-state index in [0.29, 0.717) is 17.1 Å². The van der Waals surface area contributed by atoms with Gasteiger partial charge in [-0.15, -0.1) is 0 Å². The Morgan fingerprint density at radius 2 is 2.12 bits per heavy atom. The smallest absolute Gasteiger partial charge is 0.277 e. The highest BCUT2D eigenvalue weighted by molar-refractivity contribution is 9.10. The lowest BCUT2D eigenvalue weighted by Gasteiger charge is -2.10. The standard InChI is InChI=1S/C17H17BrN2O4/c1-11-4-3-5-12(17(11)22)9-19-20-16(21)10-24-14-7-6-13(18)8-15(14)23-2/h3-9,22H,10H2,1-2H3,(H,20,21)/b19-9+. The number of halogens is 1. The van der Waals surface area contributed by atoms with Crippen LogP contribution in [0.15, 0.2) is 46.0 Å². The molecule has 126 valence electrons. The largest absolute Gasteiger partial charge is 0.507 e. The number of phenolic OH excluding ortho intramolecular Hbond substituents is 1. The lowest BCUT2D eigenvalue weighted by atomic mass is 10.1. The third-order valence-electron chi connectivity index (χ3n) is 3.15. The van der Waals surface area contributed by atoms with Crippen molar-refractivity contribution in [2.24, 2.45) is 5.10 Å². The summed E-state index contributed by atoms with van der Waals surface area (Å²) in [5.74, 6) is 0.677. The van der Waals surface area contributed by atoms with Gasteiger partial charge in [0, 0.05) is 10.0 Å². The minimum Gasteiger partial charge on any atom is -0.507 e. The van der Waals surface area contributed by atoms with Crippen LogP contribution in [0.5, 0.6) is 17.2 Å². The second-order valence-corrected chi connectivity index (χ2v) is 5.81. The first-order valence-electron chi connectivity index (χ1n) is 7.08. The van der Waals surface area contributed by atoms with E-state index < -0.39 is 5.91 Å². The molecule has 0 bridgehead atoms. The van der Waals surface area contributed by atoms with E-state index in [0.717, 1.165) is 10.0 Å². The van der Waals surface area contributed by atoms with E-state index in [4.69, 9.17) is 9.47 Å². The van der Waals surface area contributed by atoms with E-state index in [1.807, 2.05) is 0 Å². The van der Waals surface area contributed by atoms with Crippen molar-refractivity contribution in [1.82, 2.24) is 5.43 Å². The summed E-state index contributed by atoms with van der Waals surface area (Å²) in [6, 6.07) is 10.5. The zero-order chi connectivity index (χ0) is 17.5. The van der Waals surface area contributed by atoms with Gasteiger partial charge < -0.3 is 14.6 Å². The van der Waals surface area contributed by atoms with Gasteiger partial charge in [-0.1, -0.05) is 28.1 Å². The van der Waals surface area contributed by atoms with Crippen LogP contribution in [-0.2, 0) is 4.79 Å². The van der Waals surface area contributed by atoms with E-state index >= 15 is 0 Å². The summed E-state index contributed by atoms with van der Waals surface area (Å²) in [7, 11) is 1.52. The van der Waals surface area contributed by atoms with Gasteiger partial charge in [-0.25, -0.2) is 5.43 Å². The maximum Gasteiger partial charge on any atom is 0.277 e. The first-order chi connectivity index (χ1) is 11.5. The number of para-hydroxylation sites is 1. The highest BCUT2D eigenvalue weighted by Crippen LogP contribution is 2.30. The van der Waals surface area contributed by atoms with Crippen LogP contribution in [0.4, 0.5) is 0 Å². The summed E-state index contributed by atoms with van der Waals surface area (Å²) < 4.78 is 11.4. The molecule has 0 spiro atoms. The molecule has 0 saturated carbocycles. The number of hydrogen-bond acceptors (Lipinski definition) is 5. The molecule has 0 saturated heterocycles. The molecule has 0 unspecified atom stereocenters. The Morgan fingerprint density at radius 3 is 2.88 bits per heavy atom. The lowest BCUT2D eigenvalue weighted by molar-refractivity contribution is -0.123. The van der Waals surface area contributed by atoms with Crippen LogP contribution in [0.25, 0.3) is 0 Å². The number of methoxy groups -OCH3 is 1. The van der Waals surface area contributed by atoms with Crippen LogP contribution in [0, 0.1) is 6.92 Å². The lowest BCUT2D eigenvalue weighted by Crippen LogP contribution is -2.24. The first kappa shape index (κ1) is 17.8. The second kappa shape index (κ2) is 8.35. The molecule has 6 nitrogen and oxygen atoms in total. The average Bonchev–Trinajstić information content (AvgIpc) is 2.57. The monoisotopic (exact) mass is 392 g/mol. The zero-order valence-corrected chi connectivity index (χ0v) is 14.8. The number of aryl methyl sites for hydroxylation is 1. The minimum absolute atomic E-state index is 0.131. The van der Waals surface area contributed by atoms with Crippen molar-refractivity contribution < 1.29 is 19.4 Å². The predicted molar refractivity (Wildman–Crippen MR) is 94.8 cm³/mol. The Hall–Kier alpha value is -2.54. The van der Waals surface area contributed by atoms with E-state index in [9.17, 15) is 9.90 Å². The highest BCUT2D eigenvalue weighted by Gasteiger charge is 2.08. The normalized spacial score (nSPS) is 10.6. The molecule has 0 heterocycles. The summed E-state index contributed by atoms with van der Waals surface area (Å²) in [6.07, 6.45) is 1.38. The number of amides is 1. The van der Waals surface area contributed by atoms with E-state index in [1.165, 1.54) is 13.3 Å². The molecule has 0 fully saturated rings. The van der Waals surface area contributed by atoms with Crippen molar-refractivity contribution in [1.29, 1.82) is 0 Å². The molecule has 0 aliphatic rings. The van der Waals surface area contributed by atoms with Gasteiger partial charge >= 0.3 is 0 Å². The fourth-order valence-electron chi connectivity index (χ4n) is 1.90. The Balaban J connectivity index is 1.90. The number of aromatic hydroxyl groups is 1. The quantitative estimate of drug-likeness (QED) is 0.584. The van der Waals surface area contributed by atoms with Crippen molar-refractivity contribution in [3.05, 3.63) is 52.0 Å². The second-order valence-electron chi connectivity index (χ2n) is 4.89. The predicted octanol–water partition coefficient (Wildman–Crippen LogP) is 3.00. The summed E-state index contributed by atoms with van der Waals surface area (Å²) in [4.78, 5) is 11.8. The molecule has 0 aliphatic carbocycles. The van der Waals surface area contributed by atoms with Crippen LogP contribution in [0.2, 0.25) is 0 Å². The molecule has 2 aromatic rings. The summed E-state index contributed by atoms with van der Waals surface area (Å²) >= 11 is 3.33. The molecular weight excluding hydrogens is 376 g/mol. The van der Waals surface area contributed by atoms with E-state index in [1.54, 1.807) is 43.3 Å². The number of benzene rings is 2. The molecule has 1 amide bonds. The van der Waals surface area contributed by atoms with E-state index in [2.05, 4.69) is 26.5 Å². The zero-order valence-electron chi connectivity index (χ0n) is 13.2. The van der Waals surface area contributed by atoms with Gasteiger partial charge in [0.2, 0.25) is 0 Å². The summed E-state index contributed by atoms with van der Waals surface area (Å²) in [5, 5.41) is 13.7. The molecule has 7 heteroatoms. The first-order valence-corrected chi connectivity index (χ1v) is 7.87. The Labute approximate surface area is 148 Å². The molecular formula is C17H17BrN2O4. The van der Waals surface area contributed by atoms with E-state index in [-0.39, 0.29) is 12.4 Å². The number of phenols is 1. The molecule has 0 aliphatic heterocycles. The van der Waals surface area contributed by atoms with Gasteiger partial charge in [-0.2, -0.15) is 5.10 Å². The fourth-order valence-corrected chi connectivity index (χ4v) is 2.24. The van der Waals surface area contributed by atoms with Gasteiger partial charge in [0.1, 0.15) is 5.75 Å². The fraction of sp³-hybridized carbons (Fsp3) is 0.176. The number of carbonyl (C=O) groups excluding carboxylic acids is 1. The molecule has 24 heavy (non-hydrogen) atoms. The van der Waals surface area contributed by atoms with Crippen molar-refractivity contribution in [2.45, 2.75) is 6.92 Å². The van der Waals surface area contributed by atoms with Crippen molar-refractivity contribution in [2.75, 3.05) is 13.7 Å². The van der Waals surface area contributed by atoms with Crippen LogP contribution in [-0.4, -0.2) is 30.9 Å². The molecule has 2 aromatic carbocycles. The number of hydrogen-bond donors (Lipinski definition) is 2. The average molecular weight is 393 g/mol. The maximum atomic E-state index is 11.8. The molecule has 2 N–H and O–H groups in total. The van der Waals surface area contributed by atoms with Crippen LogP contribution >= 0.6 is 15.9 Å². The minimum atomic E-state index is -0.427. The number of hydrazone groups is 1. The van der Waals surface area contributed by atoms with Gasteiger partial charge in [0.15, 0.2) is 18.1 Å². The molecule has 0 aromatic heterocycles. The Morgan fingerprint density at radius 1 is 1.33 bits per heavy atom. The van der Waals surface area contributed by atoms with Crippen molar-refractivity contribution in [3.8, 4) is 17.2 Å². The number of nitrogens with one attached hydrogen (secondary N) is 1. The Kier molecular flexibility index (Phi) is 6.20. The van der Waals surface area contributed by atoms with Crippen LogP contribution in [0.3, 0.4) is 0 Å². The molecule has 0 atom stereocenters. The van der Waals surface area contributed by atoms with Gasteiger partial charge in [-0.05, 0) is 36.8 Å². The van der Waals surface area contributed by atoms with Crippen LogP contribution < -0.4 is 14.9 Å². The topological polar surface area (TPSA) is 80.2 Å². The highest BCUT2D eigenvalue weighted by atomic mass is 79.9. The van der Waals surface area contributed by atoms with Gasteiger partial charge in [0.25, 0.3) is 5.91 Å². The summed E-state index contributed by atoms with van der Waals surface area (Å²) in [6.45, 7) is 1.57. The molecule has 2 rings (SSSR count). The number of nitrogens with zero attached hydrogens (tertiary/aromatic N) is 1. The third-order valence-corrected chi connectivity index (χ3v) is 3.64. The molecule has 0 radical (unpaired) electrons. The third kappa shape index (κ3) is 4.73. The number of carbonyl (C=O) groups is 1. The number of ether oxygens (including phenoxy) is 2. The van der Waals surface area contributed by atoms with Crippen molar-refractivity contribution >= 4 is 28.1 Å². The Bertz CT molecular complexity index is 762. The van der Waals surface area contributed by atoms with Gasteiger partial charge in [0.05, 0.1) is 13.3 Å². The number of rotatable bonds is 6.